The third-order valence-corrected chi connectivity index (χ3v) is 10.3. The van der Waals surface area contributed by atoms with E-state index in [2.05, 4.69) is 32.5 Å². The fourth-order valence-corrected chi connectivity index (χ4v) is 7.07. The highest BCUT2D eigenvalue weighted by Gasteiger charge is 2.35. The van der Waals surface area contributed by atoms with Crippen molar-refractivity contribution in [1.82, 2.24) is 26.6 Å². The van der Waals surface area contributed by atoms with Crippen LogP contribution in [0.5, 0.6) is 5.75 Å². The third kappa shape index (κ3) is 26.8. The second kappa shape index (κ2) is 31.1. The van der Waals surface area contributed by atoms with E-state index < -0.39 is 101 Å². The molecule has 0 spiro atoms. The molecule has 0 aliphatic rings. The van der Waals surface area contributed by atoms with E-state index in [1.807, 2.05) is 51.1 Å². The van der Waals surface area contributed by atoms with Gasteiger partial charge in [0.1, 0.15) is 53.3 Å². The van der Waals surface area contributed by atoms with Crippen LogP contribution in [0.15, 0.2) is 84.9 Å². The second-order valence-corrected chi connectivity index (χ2v) is 20.6. The van der Waals surface area contributed by atoms with Crippen molar-refractivity contribution < 1.29 is 62.0 Å². The summed E-state index contributed by atoms with van der Waals surface area (Å²) >= 11 is 0. The quantitative estimate of drug-likeness (QED) is 0.0318. The Morgan fingerprint density at radius 1 is 0.493 bits per heavy atom. The van der Waals surface area contributed by atoms with Crippen LogP contribution in [0.3, 0.4) is 0 Å². The number of ether oxygens (including phenoxy) is 6. The lowest BCUT2D eigenvalue weighted by Crippen LogP contribution is -2.60. The van der Waals surface area contributed by atoms with Gasteiger partial charge in [-0.1, -0.05) is 78.7 Å². The van der Waals surface area contributed by atoms with Crippen LogP contribution in [0.1, 0.15) is 91.8 Å². The monoisotopic (exact) mass is 1040 g/mol. The highest BCUT2D eigenvalue weighted by atomic mass is 16.6. The molecule has 0 heterocycles. The number of carbonyl (C=O) groups excluding carboxylic acids is 7. The van der Waals surface area contributed by atoms with Crippen molar-refractivity contribution >= 4 is 41.5 Å². The van der Waals surface area contributed by atoms with Gasteiger partial charge in [0, 0.05) is 19.4 Å². The van der Waals surface area contributed by atoms with Crippen LogP contribution in [-0.2, 0) is 76.5 Å². The molecule has 3 rings (SSSR count). The number of hydrogen-bond donors (Lipinski definition) is 6. The van der Waals surface area contributed by atoms with Crippen LogP contribution in [-0.4, -0.2) is 135 Å². The van der Waals surface area contributed by atoms with Crippen LogP contribution < -0.4 is 37.1 Å². The first-order valence-electron chi connectivity index (χ1n) is 25.0. The van der Waals surface area contributed by atoms with Crippen LogP contribution in [0.25, 0.3) is 0 Å². The van der Waals surface area contributed by atoms with Crippen LogP contribution >= 0.6 is 0 Å². The molecule has 7 N–H and O–H groups in total. The van der Waals surface area contributed by atoms with Gasteiger partial charge in [0.15, 0.2) is 0 Å². The molecule has 410 valence electrons. The Hall–Kier alpha value is -6.85. The van der Waals surface area contributed by atoms with E-state index in [-0.39, 0.29) is 52.2 Å². The summed E-state index contributed by atoms with van der Waals surface area (Å²) in [6.45, 7) is 16.8. The maximum absolute atomic E-state index is 14.6. The Balaban J connectivity index is 1.94. The smallest absolute Gasteiger partial charge is 0.308 e. The molecular formula is C56H78N6O13. The van der Waals surface area contributed by atoms with Gasteiger partial charge in [0.25, 0.3) is 0 Å². The average molecular weight is 1040 g/mol. The molecule has 0 aliphatic carbocycles. The van der Waals surface area contributed by atoms with Crippen molar-refractivity contribution in [3.05, 3.63) is 102 Å². The summed E-state index contributed by atoms with van der Waals surface area (Å²) < 4.78 is 33.1. The molecule has 0 saturated carbocycles. The molecule has 0 saturated heterocycles. The number of rotatable bonds is 30. The zero-order chi connectivity index (χ0) is 55.6. The van der Waals surface area contributed by atoms with E-state index in [4.69, 9.17) is 40.6 Å². The lowest BCUT2D eigenvalue weighted by molar-refractivity contribution is -0.158. The maximum atomic E-state index is 14.6. The zero-order valence-corrected chi connectivity index (χ0v) is 44.9. The molecule has 5 atom stereocenters. The number of terminal acetylenes is 1. The minimum atomic E-state index is -1.71. The fourth-order valence-electron chi connectivity index (χ4n) is 7.07. The van der Waals surface area contributed by atoms with E-state index in [0.717, 1.165) is 5.56 Å². The summed E-state index contributed by atoms with van der Waals surface area (Å²) in [6.07, 6.45) is 3.86. The molecule has 0 unspecified atom stereocenters. The molecule has 19 nitrogen and oxygen atoms in total. The largest absolute Gasteiger partial charge is 0.488 e. The number of hydrogen-bond acceptors (Lipinski definition) is 14. The first-order valence-corrected chi connectivity index (χ1v) is 25.0. The Morgan fingerprint density at radius 2 is 0.893 bits per heavy atom. The predicted octanol–water partition coefficient (Wildman–Crippen LogP) is 3.42. The standard InChI is InChI=1S/C56H78N6O13/c1-11-27-70-29-31-72-32-30-71-28-26-58-50(66)45(36-47(63)74-55(5,6)7)61-53(69)46(37-48(64)75-56(8,9)10)62-52(68)44(34-39-20-16-13-17-21-39)60-51(67)43(35-40-22-24-41(25-23-40)73-54(2,3)4)59-49(65)42(57)33-38-18-14-12-15-19-38/h1,12-25,42-46H,26-37,57H2,2-10H3,(H,58,66)(H,59,65)(H,60,67)(H,61,69)(H,62,68)/t42-,43-,44-,45-,46-/m0/s1. The highest BCUT2D eigenvalue weighted by Crippen LogP contribution is 2.20. The first kappa shape index (κ1) is 62.4. The van der Waals surface area contributed by atoms with Gasteiger partial charge >= 0.3 is 11.9 Å². The molecular weight excluding hydrogens is 965 g/mol. The van der Waals surface area contributed by atoms with Gasteiger partial charge in [-0.3, -0.25) is 33.6 Å². The van der Waals surface area contributed by atoms with Crippen molar-refractivity contribution in [1.29, 1.82) is 0 Å². The normalized spacial score (nSPS) is 13.6. The van der Waals surface area contributed by atoms with Gasteiger partial charge < -0.3 is 60.7 Å². The van der Waals surface area contributed by atoms with Crippen LogP contribution in [0.2, 0.25) is 0 Å². The summed E-state index contributed by atoms with van der Waals surface area (Å²) in [4.78, 5) is 97.6. The number of carbonyl (C=O) groups is 7. The number of nitrogens with two attached hydrogens (primary N) is 1. The fraction of sp³-hybridized carbons (Fsp3) is 0.518. The lowest BCUT2D eigenvalue weighted by Gasteiger charge is -2.28. The van der Waals surface area contributed by atoms with Crippen LogP contribution in [0, 0.1) is 12.3 Å². The molecule has 0 radical (unpaired) electrons. The van der Waals surface area contributed by atoms with E-state index in [0.29, 0.717) is 30.1 Å². The van der Waals surface area contributed by atoms with Crippen molar-refractivity contribution in [2.45, 2.75) is 141 Å². The number of amides is 5. The first-order chi connectivity index (χ1) is 35.3. The van der Waals surface area contributed by atoms with Crippen LogP contribution in [0.4, 0.5) is 0 Å². The number of benzene rings is 3. The summed E-state index contributed by atoms with van der Waals surface area (Å²) in [6, 6.07) is 17.9. The summed E-state index contributed by atoms with van der Waals surface area (Å²) in [5.41, 5.74) is 6.03. The minimum Gasteiger partial charge on any atom is -0.488 e. The average Bonchev–Trinajstić information content (AvgIpc) is 3.31. The minimum absolute atomic E-state index is 0.0267. The van der Waals surface area contributed by atoms with Crippen molar-refractivity contribution in [2.75, 3.05) is 46.2 Å². The van der Waals surface area contributed by atoms with E-state index in [1.54, 1.807) is 96.1 Å². The van der Waals surface area contributed by atoms with Gasteiger partial charge in [-0.15, -0.1) is 6.42 Å². The van der Waals surface area contributed by atoms with Crippen molar-refractivity contribution in [3.63, 3.8) is 0 Å². The topological polar surface area (TPSA) is 261 Å². The molecule has 5 amide bonds. The highest BCUT2D eigenvalue weighted by molar-refractivity contribution is 5.98. The van der Waals surface area contributed by atoms with Gasteiger partial charge in [-0.05, 0) is 97.6 Å². The maximum Gasteiger partial charge on any atom is 0.308 e. The Labute approximate surface area is 441 Å². The van der Waals surface area contributed by atoms with Crippen molar-refractivity contribution in [2.24, 2.45) is 5.73 Å². The number of nitrogens with one attached hydrogen (secondary N) is 5. The van der Waals surface area contributed by atoms with Gasteiger partial charge in [0.2, 0.25) is 29.5 Å². The molecule has 0 fully saturated rings. The zero-order valence-electron chi connectivity index (χ0n) is 44.9. The van der Waals surface area contributed by atoms with E-state index in [9.17, 15) is 33.6 Å². The SMILES string of the molecule is C#CCOCCOCCOCCNC(=O)[C@H](CC(=O)OC(C)(C)C)NC(=O)[C@H](CC(=O)OC(C)(C)C)NC(=O)[C@H](Cc1ccccc1)NC(=O)[C@H](Cc1ccc(OC(C)(C)C)cc1)NC(=O)[C@@H](N)Cc1ccccc1. The molecule has 19 heteroatoms. The van der Waals surface area contributed by atoms with Gasteiger partial charge in [-0.2, -0.15) is 0 Å². The molecule has 3 aromatic carbocycles. The summed E-state index contributed by atoms with van der Waals surface area (Å²) in [5, 5.41) is 13.3. The Kier molecular flexibility index (Phi) is 25.9. The predicted molar refractivity (Wildman–Crippen MR) is 282 cm³/mol. The second-order valence-electron chi connectivity index (χ2n) is 20.6. The lowest BCUT2D eigenvalue weighted by atomic mass is 10.0. The number of esters is 2. The van der Waals surface area contributed by atoms with Crippen molar-refractivity contribution in [3.8, 4) is 18.1 Å². The molecule has 75 heavy (non-hydrogen) atoms. The molecule has 0 bridgehead atoms. The Bertz CT molecular complexity index is 2320. The van der Waals surface area contributed by atoms with Gasteiger partial charge in [0.05, 0.1) is 51.9 Å². The Morgan fingerprint density at radius 3 is 1.36 bits per heavy atom. The van der Waals surface area contributed by atoms with E-state index >= 15 is 0 Å². The summed E-state index contributed by atoms with van der Waals surface area (Å²) in [5.74, 6) is -2.85. The van der Waals surface area contributed by atoms with E-state index in [1.165, 1.54) is 0 Å². The van der Waals surface area contributed by atoms with Gasteiger partial charge in [-0.25, -0.2) is 0 Å². The molecule has 0 aromatic heterocycles. The molecule has 3 aromatic rings. The summed E-state index contributed by atoms with van der Waals surface area (Å²) in [7, 11) is 0. The molecule has 0 aliphatic heterocycles. The third-order valence-electron chi connectivity index (χ3n) is 10.3.